The monoisotopic (exact) mass is 288 g/mol. The molecule has 0 radical (unpaired) electrons. The molecule has 1 aromatic carbocycles. The lowest BCUT2D eigenvalue weighted by atomic mass is 9.88. The van der Waals surface area contributed by atoms with Gasteiger partial charge in [-0.25, -0.2) is 4.79 Å². The van der Waals surface area contributed by atoms with E-state index in [9.17, 15) is 4.79 Å². The van der Waals surface area contributed by atoms with E-state index < -0.39 is 5.97 Å². The minimum Gasteiger partial charge on any atom is -0.478 e. The van der Waals surface area contributed by atoms with Crippen molar-refractivity contribution in [2.24, 2.45) is 5.92 Å². The maximum atomic E-state index is 10.8. The quantitative estimate of drug-likeness (QED) is 0.893. The number of nitrogens with zero attached hydrogens (tertiary/aromatic N) is 1. The minimum atomic E-state index is -0.855. The molecule has 0 aromatic heterocycles. The van der Waals surface area contributed by atoms with E-state index in [1.165, 1.54) is 37.8 Å². The van der Waals surface area contributed by atoms with Crippen LogP contribution in [0.3, 0.4) is 0 Å². The van der Waals surface area contributed by atoms with Gasteiger partial charge in [-0.05, 0) is 68.9 Å². The summed E-state index contributed by atoms with van der Waals surface area (Å²) in [4.78, 5) is 13.3. The molecule has 2 aliphatic rings. The molecule has 2 fully saturated rings. The Kier molecular flexibility index (Phi) is 4.56. The number of likely N-dealkylation sites (tertiary alicyclic amines) is 1. The molecule has 114 valence electrons. The highest BCUT2D eigenvalue weighted by atomic mass is 16.4. The fraction of sp³-hybridized carbons (Fsp3) is 0.588. The summed E-state index contributed by atoms with van der Waals surface area (Å²) in [5, 5.41) is 12.5. The van der Waals surface area contributed by atoms with Crippen LogP contribution in [0.2, 0.25) is 0 Å². The number of aromatic carboxylic acids is 1. The van der Waals surface area contributed by atoms with Crippen LogP contribution < -0.4 is 5.32 Å². The number of benzene rings is 1. The van der Waals surface area contributed by atoms with Crippen molar-refractivity contribution in [3.05, 3.63) is 35.4 Å². The number of nitrogens with one attached hydrogen (secondary N) is 1. The number of carbonyl (C=O) groups is 1. The van der Waals surface area contributed by atoms with E-state index in [1.54, 1.807) is 12.1 Å². The second-order valence-electron chi connectivity index (χ2n) is 6.32. The maximum Gasteiger partial charge on any atom is 0.335 e. The van der Waals surface area contributed by atoms with Crippen molar-refractivity contribution in [2.75, 3.05) is 19.6 Å². The Morgan fingerprint density at radius 3 is 2.48 bits per heavy atom. The summed E-state index contributed by atoms with van der Waals surface area (Å²) in [6.45, 7) is 4.44. The SMILES string of the molecule is O=C(O)c1ccc(CN2CCC(C3CCCN3)CC2)cc1. The fourth-order valence-corrected chi connectivity index (χ4v) is 3.64. The van der Waals surface area contributed by atoms with Gasteiger partial charge in [-0.2, -0.15) is 0 Å². The van der Waals surface area contributed by atoms with Crippen molar-refractivity contribution >= 4 is 5.97 Å². The molecule has 0 saturated carbocycles. The third-order valence-corrected chi connectivity index (χ3v) is 4.91. The van der Waals surface area contributed by atoms with Crippen LogP contribution in [0.4, 0.5) is 0 Å². The predicted molar refractivity (Wildman–Crippen MR) is 82.4 cm³/mol. The smallest absolute Gasteiger partial charge is 0.335 e. The van der Waals surface area contributed by atoms with Crippen molar-refractivity contribution in [2.45, 2.75) is 38.3 Å². The van der Waals surface area contributed by atoms with Gasteiger partial charge in [-0.3, -0.25) is 4.90 Å². The van der Waals surface area contributed by atoms with Crippen LogP contribution in [-0.2, 0) is 6.54 Å². The first-order valence-electron chi connectivity index (χ1n) is 8.00. The molecule has 3 rings (SSSR count). The highest BCUT2D eigenvalue weighted by Gasteiger charge is 2.28. The predicted octanol–water partition coefficient (Wildman–Crippen LogP) is 2.35. The molecular weight excluding hydrogens is 264 g/mol. The van der Waals surface area contributed by atoms with Gasteiger partial charge in [-0.1, -0.05) is 12.1 Å². The molecular formula is C17H24N2O2. The highest BCUT2D eigenvalue weighted by Crippen LogP contribution is 2.26. The fourth-order valence-electron chi connectivity index (χ4n) is 3.64. The Hall–Kier alpha value is -1.39. The second-order valence-corrected chi connectivity index (χ2v) is 6.32. The van der Waals surface area contributed by atoms with E-state index in [-0.39, 0.29) is 0 Å². The van der Waals surface area contributed by atoms with Gasteiger partial charge in [0.1, 0.15) is 0 Å². The van der Waals surface area contributed by atoms with Crippen molar-refractivity contribution < 1.29 is 9.90 Å². The number of carboxylic acids is 1. The first-order chi connectivity index (χ1) is 10.2. The molecule has 2 saturated heterocycles. The van der Waals surface area contributed by atoms with Crippen molar-refractivity contribution in [3.63, 3.8) is 0 Å². The van der Waals surface area contributed by atoms with Crippen molar-refractivity contribution in [1.29, 1.82) is 0 Å². The van der Waals surface area contributed by atoms with Crippen LogP contribution in [0.15, 0.2) is 24.3 Å². The van der Waals surface area contributed by atoms with E-state index in [2.05, 4.69) is 10.2 Å². The number of hydrogen-bond donors (Lipinski definition) is 2. The summed E-state index contributed by atoms with van der Waals surface area (Å²) < 4.78 is 0. The van der Waals surface area contributed by atoms with E-state index in [1.807, 2.05) is 12.1 Å². The summed E-state index contributed by atoms with van der Waals surface area (Å²) in [5.74, 6) is -0.00966. The summed E-state index contributed by atoms with van der Waals surface area (Å²) in [7, 11) is 0. The highest BCUT2D eigenvalue weighted by molar-refractivity contribution is 5.87. The minimum absolute atomic E-state index is 0.366. The lowest BCUT2D eigenvalue weighted by Crippen LogP contribution is -2.40. The first-order valence-corrected chi connectivity index (χ1v) is 8.00. The summed E-state index contributed by atoms with van der Waals surface area (Å²) in [6.07, 6.45) is 5.25. The number of rotatable bonds is 4. The molecule has 1 unspecified atom stereocenters. The first kappa shape index (κ1) is 14.5. The zero-order valence-corrected chi connectivity index (χ0v) is 12.4. The van der Waals surface area contributed by atoms with Crippen LogP contribution in [-0.4, -0.2) is 41.7 Å². The molecule has 1 aromatic rings. The summed E-state index contributed by atoms with van der Waals surface area (Å²) in [5.41, 5.74) is 1.57. The van der Waals surface area contributed by atoms with E-state index in [0.29, 0.717) is 5.56 Å². The Bertz CT molecular complexity index is 472. The van der Waals surface area contributed by atoms with E-state index >= 15 is 0 Å². The standard InChI is InChI=1S/C17H24N2O2/c20-17(21)15-5-3-13(4-6-15)12-19-10-7-14(8-11-19)16-2-1-9-18-16/h3-6,14,16,18H,1-2,7-12H2,(H,20,21). The topological polar surface area (TPSA) is 52.6 Å². The van der Waals surface area contributed by atoms with Gasteiger partial charge in [-0.15, -0.1) is 0 Å². The molecule has 2 aliphatic heterocycles. The number of hydrogen-bond acceptors (Lipinski definition) is 3. The summed E-state index contributed by atoms with van der Waals surface area (Å²) >= 11 is 0. The van der Waals surface area contributed by atoms with E-state index in [4.69, 9.17) is 5.11 Å². The molecule has 1 atom stereocenters. The molecule has 2 heterocycles. The zero-order chi connectivity index (χ0) is 14.7. The van der Waals surface area contributed by atoms with Crippen LogP contribution in [0.25, 0.3) is 0 Å². The molecule has 21 heavy (non-hydrogen) atoms. The van der Waals surface area contributed by atoms with Crippen LogP contribution in [0, 0.1) is 5.92 Å². The van der Waals surface area contributed by atoms with Crippen molar-refractivity contribution in [1.82, 2.24) is 10.2 Å². The van der Waals surface area contributed by atoms with Gasteiger partial charge >= 0.3 is 5.97 Å². The molecule has 4 nitrogen and oxygen atoms in total. The Balaban J connectivity index is 1.49. The van der Waals surface area contributed by atoms with E-state index in [0.717, 1.165) is 31.6 Å². The van der Waals surface area contributed by atoms with Crippen LogP contribution in [0.1, 0.15) is 41.6 Å². The third kappa shape index (κ3) is 3.63. The molecule has 0 amide bonds. The Morgan fingerprint density at radius 2 is 1.90 bits per heavy atom. The lowest BCUT2D eigenvalue weighted by molar-refractivity contribution is 0.0697. The summed E-state index contributed by atoms with van der Waals surface area (Å²) in [6, 6.07) is 8.03. The Labute approximate surface area is 126 Å². The number of carboxylic acid groups (broad SMARTS) is 1. The van der Waals surface area contributed by atoms with Gasteiger partial charge in [0.05, 0.1) is 5.56 Å². The molecule has 0 bridgehead atoms. The van der Waals surface area contributed by atoms with Gasteiger partial charge in [0.25, 0.3) is 0 Å². The lowest BCUT2D eigenvalue weighted by Gasteiger charge is -2.34. The average Bonchev–Trinajstić information content (AvgIpc) is 3.03. The van der Waals surface area contributed by atoms with Crippen LogP contribution in [0.5, 0.6) is 0 Å². The van der Waals surface area contributed by atoms with Gasteiger partial charge in [0.15, 0.2) is 0 Å². The van der Waals surface area contributed by atoms with Gasteiger partial charge in [0.2, 0.25) is 0 Å². The van der Waals surface area contributed by atoms with Gasteiger partial charge < -0.3 is 10.4 Å². The zero-order valence-electron chi connectivity index (χ0n) is 12.4. The average molecular weight is 288 g/mol. The maximum absolute atomic E-state index is 10.8. The third-order valence-electron chi connectivity index (χ3n) is 4.91. The number of piperidine rings is 1. The van der Waals surface area contributed by atoms with Gasteiger partial charge in [0, 0.05) is 12.6 Å². The molecule has 0 aliphatic carbocycles. The van der Waals surface area contributed by atoms with Crippen LogP contribution >= 0.6 is 0 Å². The normalized spacial score (nSPS) is 24.3. The second kappa shape index (κ2) is 6.58. The molecule has 2 N–H and O–H groups in total. The largest absolute Gasteiger partial charge is 0.478 e. The van der Waals surface area contributed by atoms with Crippen molar-refractivity contribution in [3.8, 4) is 0 Å². The molecule has 0 spiro atoms. The Morgan fingerprint density at radius 1 is 1.19 bits per heavy atom. The molecule has 4 heteroatoms.